The Kier molecular flexibility index (Phi) is 7.39. The Labute approximate surface area is 217 Å². The molecule has 0 spiro atoms. The van der Waals surface area contributed by atoms with E-state index in [0.29, 0.717) is 25.7 Å². The first-order chi connectivity index (χ1) is 17.6. The second-order valence-corrected chi connectivity index (χ2v) is 10.9. The molecule has 0 aliphatic heterocycles. The Morgan fingerprint density at radius 2 is 1.06 bits per heavy atom. The molecule has 0 aliphatic carbocycles. The van der Waals surface area contributed by atoms with Crippen molar-refractivity contribution in [3.05, 3.63) is 82.6 Å². The molecule has 2 N–H and O–H groups in total. The first-order valence-electron chi connectivity index (χ1n) is 12.0. The van der Waals surface area contributed by atoms with Crippen LogP contribution in [-0.2, 0) is 0 Å². The van der Waals surface area contributed by atoms with Gasteiger partial charge in [0.1, 0.15) is 0 Å². The van der Waals surface area contributed by atoms with Gasteiger partial charge in [-0.15, -0.1) is 22.7 Å². The van der Waals surface area contributed by atoms with E-state index in [0.717, 1.165) is 52.2 Å². The van der Waals surface area contributed by atoms with Crippen molar-refractivity contribution >= 4 is 54.4 Å². The molecule has 5 rings (SSSR count). The van der Waals surface area contributed by atoms with Gasteiger partial charge in [-0.3, -0.25) is 9.59 Å². The number of thiophene rings is 2. The molecule has 4 nitrogen and oxygen atoms in total. The van der Waals surface area contributed by atoms with Crippen molar-refractivity contribution < 1.29 is 19.8 Å². The summed E-state index contributed by atoms with van der Waals surface area (Å²) in [5, 5.41) is 20.2. The van der Waals surface area contributed by atoms with Crippen LogP contribution in [0.25, 0.3) is 42.4 Å². The van der Waals surface area contributed by atoms with Crippen LogP contribution in [-0.4, -0.2) is 35.0 Å². The van der Waals surface area contributed by atoms with E-state index in [4.69, 9.17) is 10.2 Å². The lowest BCUT2D eigenvalue weighted by Gasteiger charge is -2.10. The maximum atomic E-state index is 12.4. The molecule has 2 aromatic heterocycles. The van der Waals surface area contributed by atoms with Crippen molar-refractivity contribution in [2.45, 2.75) is 25.7 Å². The van der Waals surface area contributed by atoms with E-state index in [9.17, 15) is 9.59 Å². The van der Waals surface area contributed by atoms with Crippen LogP contribution in [0.3, 0.4) is 0 Å². The number of ketones is 2. The lowest BCUT2D eigenvalue weighted by Crippen LogP contribution is -1.96. The van der Waals surface area contributed by atoms with Gasteiger partial charge in [0, 0.05) is 35.5 Å². The van der Waals surface area contributed by atoms with Gasteiger partial charge in [0.2, 0.25) is 0 Å². The highest BCUT2D eigenvalue weighted by molar-refractivity contribution is 7.21. The van der Waals surface area contributed by atoms with E-state index in [2.05, 4.69) is 48.5 Å². The molecule has 36 heavy (non-hydrogen) atoms. The van der Waals surface area contributed by atoms with Crippen LogP contribution in [0.5, 0.6) is 0 Å². The zero-order valence-electron chi connectivity index (χ0n) is 19.7. The Morgan fingerprint density at radius 1 is 0.611 bits per heavy atom. The molecule has 2 heterocycles. The van der Waals surface area contributed by atoms with Gasteiger partial charge < -0.3 is 10.2 Å². The molecule has 5 aromatic rings. The van der Waals surface area contributed by atoms with Crippen LogP contribution in [0.4, 0.5) is 0 Å². The predicted molar refractivity (Wildman–Crippen MR) is 149 cm³/mol. The first-order valence-corrected chi connectivity index (χ1v) is 13.7. The molecule has 6 heteroatoms. The van der Waals surface area contributed by atoms with Crippen molar-refractivity contribution in [1.82, 2.24) is 0 Å². The van der Waals surface area contributed by atoms with Crippen molar-refractivity contribution in [2.75, 3.05) is 13.2 Å². The third-order valence-corrected chi connectivity index (χ3v) is 8.54. The number of benzene rings is 3. The second kappa shape index (κ2) is 10.8. The molecule has 0 atom stereocenters. The number of aliphatic hydroxyl groups excluding tert-OH is 2. The molecular formula is C30H26O4S2. The average molecular weight is 515 g/mol. The van der Waals surface area contributed by atoms with E-state index in [1.54, 1.807) is 0 Å². The van der Waals surface area contributed by atoms with Gasteiger partial charge >= 0.3 is 0 Å². The SMILES string of the molecule is O=C(CCCO)c1cc2ccc(-c3ccccc3-c3ccc4cc(C(=O)CCCO)sc4c3)cc2s1. The average Bonchev–Trinajstić information content (AvgIpc) is 3.54. The van der Waals surface area contributed by atoms with Gasteiger partial charge in [0.05, 0.1) is 9.75 Å². The van der Waals surface area contributed by atoms with Crippen molar-refractivity contribution in [3.63, 3.8) is 0 Å². The number of aliphatic hydroxyl groups is 2. The summed E-state index contributed by atoms with van der Waals surface area (Å²) in [7, 11) is 0. The molecule has 3 aromatic carbocycles. The number of rotatable bonds is 10. The number of Topliss-reactive ketones (excluding diaryl/α,β-unsaturated/α-hetero) is 2. The van der Waals surface area contributed by atoms with E-state index in [-0.39, 0.29) is 24.8 Å². The molecule has 0 unspecified atom stereocenters. The Hall–Kier alpha value is -3.16. The van der Waals surface area contributed by atoms with Crippen molar-refractivity contribution in [3.8, 4) is 22.3 Å². The predicted octanol–water partition coefficient (Wildman–Crippen LogP) is 7.36. The summed E-state index contributed by atoms with van der Waals surface area (Å²) in [6.07, 6.45) is 1.69. The molecule has 0 bridgehead atoms. The van der Waals surface area contributed by atoms with E-state index in [1.165, 1.54) is 22.7 Å². The zero-order valence-corrected chi connectivity index (χ0v) is 21.3. The number of hydrogen-bond acceptors (Lipinski definition) is 6. The minimum atomic E-state index is 0.0240. The molecular weight excluding hydrogens is 488 g/mol. The van der Waals surface area contributed by atoms with Crippen molar-refractivity contribution in [2.24, 2.45) is 0 Å². The van der Waals surface area contributed by atoms with Crippen LogP contribution >= 0.6 is 22.7 Å². The molecule has 0 saturated carbocycles. The monoisotopic (exact) mass is 514 g/mol. The lowest BCUT2D eigenvalue weighted by molar-refractivity contribution is 0.0968. The number of fused-ring (bicyclic) bond motifs is 2. The molecule has 182 valence electrons. The third-order valence-electron chi connectivity index (χ3n) is 6.26. The summed E-state index contributed by atoms with van der Waals surface area (Å²) in [5.41, 5.74) is 4.38. The van der Waals surface area contributed by atoms with E-state index < -0.39 is 0 Å². The fourth-order valence-electron chi connectivity index (χ4n) is 4.38. The Balaban J connectivity index is 1.49. The third kappa shape index (κ3) is 5.04. The summed E-state index contributed by atoms with van der Waals surface area (Å²) in [5.74, 6) is 0.149. The van der Waals surface area contributed by atoms with Crippen molar-refractivity contribution in [1.29, 1.82) is 0 Å². The van der Waals surface area contributed by atoms with Crippen LogP contribution in [0.15, 0.2) is 72.8 Å². The minimum Gasteiger partial charge on any atom is -0.396 e. The highest BCUT2D eigenvalue weighted by Crippen LogP contribution is 2.38. The van der Waals surface area contributed by atoms with E-state index in [1.807, 2.05) is 24.3 Å². The molecule has 0 amide bonds. The van der Waals surface area contributed by atoms with Crippen LogP contribution in [0.2, 0.25) is 0 Å². The second-order valence-electron chi connectivity index (χ2n) is 8.77. The Morgan fingerprint density at radius 3 is 1.47 bits per heavy atom. The van der Waals surface area contributed by atoms with Crippen LogP contribution < -0.4 is 0 Å². The standard InChI is InChI=1S/C30H26O4S2/c31-13-3-7-25(33)29-17-21-11-9-19(15-27(21)35-29)23-5-1-2-6-24(23)20-10-12-22-18-30(36-28(22)16-20)26(34)8-4-14-32/h1-2,5-6,9-12,15-18,31-32H,3-4,7-8,13-14H2. The number of carbonyl (C=O) groups excluding carboxylic acids is 2. The highest BCUT2D eigenvalue weighted by atomic mass is 32.1. The Bertz CT molecular complexity index is 1440. The maximum Gasteiger partial charge on any atom is 0.172 e. The molecule has 0 aliphatic rings. The summed E-state index contributed by atoms with van der Waals surface area (Å²) >= 11 is 3.00. The smallest absolute Gasteiger partial charge is 0.172 e. The molecule has 0 radical (unpaired) electrons. The minimum absolute atomic E-state index is 0.0240. The topological polar surface area (TPSA) is 74.6 Å². The first kappa shape index (κ1) is 24.5. The quantitative estimate of drug-likeness (QED) is 0.191. The van der Waals surface area contributed by atoms with Gasteiger partial charge in [-0.1, -0.05) is 48.5 Å². The van der Waals surface area contributed by atoms with Crippen LogP contribution in [0.1, 0.15) is 45.0 Å². The summed E-state index contributed by atoms with van der Waals surface area (Å²) in [6.45, 7) is 0.0479. The lowest BCUT2D eigenvalue weighted by atomic mass is 9.94. The number of carbonyl (C=O) groups is 2. The highest BCUT2D eigenvalue weighted by Gasteiger charge is 2.14. The fourth-order valence-corrected chi connectivity index (χ4v) is 6.52. The summed E-state index contributed by atoms with van der Waals surface area (Å²) < 4.78 is 2.13. The maximum absolute atomic E-state index is 12.4. The fraction of sp³-hybridized carbons (Fsp3) is 0.200. The van der Waals surface area contributed by atoms with Gasteiger partial charge in [-0.2, -0.15) is 0 Å². The van der Waals surface area contributed by atoms with Gasteiger partial charge in [0.15, 0.2) is 11.6 Å². The van der Waals surface area contributed by atoms with Crippen LogP contribution in [0, 0.1) is 0 Å². The van der Waals surface area contributed by atoms with Gasteiger partial charge in [0.25, 0.3) is 0 Å². The summed E-state index contributed by atoms with van der Waals surface area (Å²) in [6, 6.07) is 24.8. The normalized spacial score (nSPS) is 11.4. The largest absolute Gasteiger partial charge is 0.396 e. The van der Waals surface area contributed by atoms with E-state index >= 15 is 0 Å². The number of hydrogen-bond donors (Lipinski definition) is 2. The summed E-state index contributed by atoms with van der Waals surface area (Å²) in [4.78, 5) is 26.3. The molecule has 0 fully saturated rings. The van der Waals surface area contributed by atoms with Gasteiger partial charge in [-0.05, 0) is 70.1 Å². The molecule has 0 saturated heterocycles. The van der Waals surface area contributed by atoms with Gasteiger partial charge in [-0.25, -0.2) is 0 Å². The zero-order chi connectivity index (χ0) is 25.1.